The second kappa shape index (κ2) is 5.25. The van der Waals surface area contributed by atoms with Gasteiger partial charge in [0.15, 0.2) is 0 Å². The Balaban J connectivity index is 2.12. The second-order valence-corrected chi connectivity index (χ2v) is 6.45. The number of ether oxygens (including phenoxy) is 1. The van der Waals surface area contributed by atoms with E-state index < -0.39 is 0 Å². The highest BCUT2D eigenvalue weighted by atomic mass is 35.5. The van der Waals surface area contributed by atoms with E-state index in [2.05, 4.69) is 43.0 Å². The molecule has 2 atom stereocenters. The highest BCUT2D eigenvalue weighted by Crippen LogP contribution is 2.43. The van der Waals surface area contributed by atoms with Gasteiger partial charge >= 0.3 is 0 Å². The normalized spacial score (nSPS) is 25.2. The quantitative estimate of drug-likeness (QED) is 0.860. The molecule has 0 aromatic carbocycles. The van der Waals surface area contributed by atoms with E-state index >= 15 is 0 Å². The Morgan fingerprint density at radius 1 is 1.42 bits per heavy atom. The Hall–Kier alpha value is -0.870. The minimum atomic E-state index is 0.101. The van der Waals surface area contributed by atoms with Crippen molar-refractivity contribution in [2.45, 2.75) is 52.2 Å². The molecule has 0 bridgehead atoms. The number of methoxy groups -OCH3 is 1. The van der Waals surface area contributed by atoms with Crippen LogP contribution >= 0.6 is 11.6 Å². The molecule has 1 aromatic rings. The maximum atomic E-state index is 6.05. The topological polar surface area (TPSA) is 47.0 Å². The van der Waals surface area contributed by atoms with Crippen molar-refractivity contribution in [1.29, 1.82) is 0 Å². The van der Waals surface area contributed by atoms with Crippen LogP contribution in [0, 0.1) is 5.41 Å². The van der Waals surface area contributed by atoms with Crippen molar-refractivity contribution in [3.05, 3.63) is 17.0 Å². The van der Waals surface area contributed by atoms with Crippen molar-refractivity contribution < 1.29 is 4.74 Å². The molecule has 1 aliphatic carbocycles. The summed E-state index contributed by atoms with van der Waals surface area (Å²) in [5.41, 5.74) is 0.101. The van der Waals surface area contributed by atoms with Gasteiger partial charge in [0.1, 0.15) is 16.8 Å². The molecular weight excluding hydrogens is 262 g/mol. The summed E-state index contributed by atoms with van der Waals surface area (Å²) in [7, 11) is 1.76. The Morgan fingerprint density at radius 3 is 2.63 bits per heavy atom. The zero-order chi connectivity index (χ0) is 14.2. The predicted octanol–water partition coefficient (Wildman–Crippen LogP) is 3.48. The number of hydrogen-bond donors (Lipinski definition) is 1. The zero-order valence-electron chi connectivity index (χ0n) is 12.2. The largest absolute Gasteiger partial charge is 0.381 e. The number of rotatable bonds is 4. The van der Waals surface area contributed by atoms with Gasteiger partial charge in [-0.2, -0.15) is 0 Å². The number of halogens is 1. The molecule has 0 spiro atoms. The van der Waals surface area contributed by atoms with E-state index in [4.69, 9.17) is 16.3 Å². The lowest BCUT2D eigenvalue weighted by molar-refractivity contribution is -0.0795. The molecule has 0 radical (unpaired) electrons. The number of hydrogen-bond acceptors (Lipinski definition) is 4. The fourth-order valence-corrected chi connectivity index (χ4v) is 2.67. The van der Waals surface area contributed by atoms with Crippen molar-refractivity contribution in [2.75, 3.05) is 12.4 Å². The van der Waals surface area contributed by atoms with Crippen molar-refractivity contribution in [1.82, 2.24) is 9.97 Å². The molecule has 1 N–H and O–H groups in total. The van der Waals surface area contributed by atoms with Gasteiger partial charge < -0.3 is 10.1 Å². The first-order valence-corrected chi connectivity index (χ1v) is 7.06. The molecule has 5 heteroatoms. The average molecular weight is 284 g/mol. The van der Waals surface area contributed by atoms with Crippen LogP contribution in [0.4, 0.5) is 5.82 Å². The number of anilines is 1. The SMILES string of the molecule is COC1CC(Nc2cc(Cl)nc(C(C)C)n2)C1(C)C. The van der Waals surface area contributed by atoms with E-state index in [1.165, 1.54) is 0 Å². The monoisotopic (exact) mass is 283 g/mol. The maximum absolute atomic E-state index is 6.05. The Morgan fingerprint density at radius 2 is 2.11 bits per heavy atom. The molecule has 1 saturated carbocycles. The summed E-state index contributed by atoms with van der Waals surface area (Å²) in [6.45, 7) is 8.52. The average Bonchev–Trinajstić information content (AvgIpc) is 2.33. The van der Waals surface area contributed by atoms with Crippen molar-refractivity contribution in [3.63, 3.8) is 0 Å². The molecule has 0 aliphatic heterocycles. The van der Waals surface area contributed by atoms with E-state index in [0.29, 0.717) is 17.3 Å². The van der Waals surface area contributed by atoms with Crippen molar-refractivity contribution >= 4 is 17.4 Å². The fraction of sp³-hybridized carbons (Fsp3) is 0.714. The molecular formula is C14H22ClN3O. The zero-order valence-corrected chi connectivity index (χ0v) is 13.0. The van der Waals surface area contributed by atoms with Crippen LogP contribution in [-0.2, 0) is 4.74 Å². The van der Waals surface area contributed by atoms with Gasteiger partial charge in [-0.05, 0) is 6.42 Å². The van der Waals surface area contributed by atoms with E-state index in [1.807, 2.05) is 0 Å². The molecule has 1 heterocycles. The van der Waals surface area contributed by atoms with Gasteiger partial charge in [0.2, 0.25) is 0 Å². The molecule has 0 saturated heterocycles. The summed E-state index contributed by atoms with van der Waals surface area (Å²) in [4.78, 5) is 8.77. The summed E-state index contributed by atoms with van der Waals surface area (Å²) in [5.74, 6) is 1.84. The van der Waals surface area contributed by atoms with Crippen LogP contribution in [0.5, 0.6) is 0 Å². The lowest BCUT2D eigenvalue weighted by atomic mass is 9.64. The lowest BCUT2D eigenvalue weighted by Gasteiger charge is -2.51. The summed E-state index contributed by atoms with van der Waals surface area (Å²) in [5, 5.41) is 3.94. The number of nitrogens with zero attached hydrogens (tertiary/aromatic N) is 2. The highest BCUT2D eigenvalue weighted by molar-refractivity contribution is 6.29. The standard InChI is InChI=1S/C14H22ClN3O/c1-8(2)13-17-11(15)7-12(18-13)16-9-6-10(19-5)14(9,3)4/h7-10H,6H2,1-5H3,(H,16,17,18). The maximum Gasteiger partial charge on any atom is 0.135 e. The summed E-state index contributed by atoms with van der Waals surface area (Å²) in [6.07, 6.45) is 1.29. The summed E-state index contributed by atoms with van der Waals surface area (Å²) >= 11 is 6.05. The van der Waals surface area contributed by atoms with Crippen LogP contribution in [0.3, 0.4) is 0 Å². The second-order valence-electron chi connectivity index (χ2n) is 6.07. The van der Waals surface area contributed by atoms with Gasteiger partial charge in [0.05, 0.1) is 6.10 Å². The van der Waals surface area contributed by atoms with Crippen LogP contribution in [-0.4, -0.2) is 29.2 Å². The fourth-order valence-electron chi connectivity index (χ4n) is 2.48. The molecule has 2 unspecified atom stereocenters. The van der Waals surface area contributed by atoms with Gasteiger partial charge in [0, 0.05) is 30.6 Å². The number of nitrogens with one attached hydrogen (secondary N) is 1. The van der Waals surface area contributed by atoms with Crippen molar-refractivity contribution in [3.8, 4) is 0 Å². The van der Waals surface area contributed by atoms with E-state index in [1.54, 1.807) is 13.2 Å². The third-order valence-electron chi connectivity index (χ3n) is 4.01. The molecule has 1 fully saturated rings. The summed E-state index contributed by atoms with van der Waals surface area (Å²) in [6, 6.07) is 2.13. The smallest absolute Gasteiger partial charge is 0.135 e. The van der Waals surface area contributed by atoms with Crippen LogP contribution in [0.1, 0.15) is 45.9 Å². The Labute approximate surface area is 119 Å². The molecule has 19 heavy (non-hydrogen) atoms. The first-order valence-electron chi connectivity index (χ1n) is 6.68. The van der Waals surface area contributed by atoms with Crippen LogP contribution < -0.4 is 5.32 Å². The van der Waals surface area contributed by atoms with Gasteiger partial charge in [-0.3, -0.25) is 0 Å². The molecule has 1 aromatic heterocycles. The van der Waals surface area contributed by atoms with Gasteiger partial charge in [0.25, 0.3) is 0 Å². The van der Waals surface area contributed by atoms with Crippen molar-refractivity contribution in [2.24, 2.45) is 5.41 Å². The van der Waals surface area contributed by atoms with Gasteiger partial charge in [-0.25, -0.2) is 9.97 Å². The molecule has 1 aliphatic rings. The van der Waals surface area contributed by atoms with Gasteiger partial charge in [-0.1, -0.05) is 39.3 Å². The lowest BCUT2D eigenvalue weighted by Crippen LogP contribution is -2.57. The molecule has 2 rings (SSSR count). The number of aromatic nitrogens is 2. The Bertz CT molecular complexity index is 462. The van der Waals surface area contributed by atoms with E-state index in [9.17, 15) is 0 Å². The molecule has 106 valence electrons. The minimum Gasteiger partial charge on any atom is -0.381 e. The van der Waals surface area contributed by atoms with Crippen LogP contribution in [0.25, 0.3) is 0 Å². The molecule has 0 amide bonds. The first-order chi connectivity index (χ1) is 8.84. The van der Waals surface area contributed by atoms with Crippen LogP contribution in [0.2, 0.25) is 5.15 Å². The first kappa shape index (κ1) is 14.5. The summed E-state index contributed by atoms with van der Waals surface area (Å²) < 4.78 is 5.46. The van der Waals surface area contributed by atoms with Gasteiger partial charge in [-0.15, -0.1) is 0 Å². The minimum absolute atomic E-state index is 0.101. The third kappa shape index (κ3) is 2.84. The van der Waals surface area contributed by atoms with E-state index in [-0.39, 0.29) is 11.3 Å². The Kier molecular flexibility index (Phi) is 4.02. The third-order valence-corrected chi connectivity index (χ3v) is 4.21. The molecule has 4 nitrogen and oxygen atoms in total. The van der Waals surface area contributed by atoms with E-state index in [0.717, 1.165) is 18.1 Å². The highest BCUT2D eigenvalue weighted by Gasteiger charge is 2.48. The predicted molar refractivity (Wildman–Crippen MR) is 77.7 cm³/mol. The van der Waals surface area contributed by atoms with Crippen LogP contribution in [0.15, 0.2) is 6.07 Å².